The van der Waals surface area contributed by atoms with E-state index in [4.69, 9.17) is 13.9 Å². The van der Waals surface area contributed by atoms with Crippen LogP contribution in [0.1, 0.15) is 24.5 Å². The van der Waals surface area contributed by atoms with Crippen LogP contribution in [-0.2, 0) is 16.6 Å². The van der Waals surface area contributed by atoms with Gasteiger partial charge in [0.2, 0.25) is 10.0 Å². The first kappa shape index (κ1) is 19.7. The smallest absolute Gasteiger partial charge is 0.243 e. The topological polar surface area (TPSA) is 93.9 Å². The number of aryl methyl sites for hydroxylation is 1. The predicted molar refractivity (Wildman–Crippen MR) is 99.4 cm³/mol. The molecule has 2 aromatic rings. The number of nitrogens with one attached hydrogen (secondary N) is 1. The van der Waals surface area contributed by atoms with E-state index < -0.39 is 10.0 Å². The van der Waals surface area contributed by atoms with Gasteiger partial charge in [-0.05, 0) is 25.0 Å². The minimum atomic E-state index is -3.57. The first-order valence-corrected chi connectivity index (χ1v) is 10.2. The molecule has 0 bridgehead atoms. The summed E-state index contributed by atoms with van der Waals surface area (Å²) >= 11 is 0. The highest BCUT2D eigenvalue weighted by atomic mass is 32.2. The van der Waals surface area contributed by atoms with Gasteiger partial charge in [0.1, 0.15) is 5.76 Å². The highest BCUT2D eigenvalue weighted by Gasteiger charge is 2.30. The number of aromatic nitrogens is 1. The number of oxazole rings is 1. The van der Waals surface area contributed by atoms with Gasteiger partial charge in [0, 0.05) is 32.1 Å². The van der Waals surface area contributed by atoms with E-state index in [9.17, 15) is 8.42 Å². The number of ether oxygens (including phenoxy) is 2. The first-order valence-electron chi connectivity index (χ1n) is 8.81. The van der Waals surface area contributed by atoms with Crippen molar-refractivity contribution < 1.29 is 22.3 Å². The van der Waals surface area contributed by atoms with E-state index >= 15 is 0 Å². The van der Waals surface area contributed by atoms with Crippen LogP contribution >= 0.6 is 0 Å². The molecule has 9 heteroatoms. The Kier molecular flexibility index (Phi) is 6.03. The van der Waals surface area contributed by atoms with Crippen LogP contribution in [0.2, 0.25) is 0 Å². The second kappa shape index (κ2) is 8.28. The summed E-state index contributed by atoms with van der Waals surface area (Å²) in [6.45, 7) is 3.32. The summed E-state index contributed by atoms with van der Waals surface area (Å²) in [5.74, 6) is 2.33. The molecule has 1 aliphatic heterocycles. The van der Waals surface area contributed by atoms with E-state index in [2.05, 4.69) is 10.3 Å². The van der Waals surface area contributed by atoms with Gasteiger partial charge < -0.3 is 19.2 Å². The number of hydrogen-bond donors (Lipinski definition) is 1. The van der Waals surface area contributed by atoms with Crippen LogP contribution in [0.25, 0.3) is 0 Å². The van der Waals surface area contributed by atoms with Crippen molar-refractivity contribution >= 4 is 10.0 Å². The van der Waals surface area contributed by atoms with Crippen LogP contribution in [0.5, 0.6) is 11.5 Å². The molecule has 1 N–H and O–H groups in total. The molecule has 1 aliphatic rings. The van der Waals surface area contributed by atoms with Gasteiger partial charge in [-0.25, -0.2) is 13.4 Å². The zero-order valence-corrected chi connectivity index (χ0v) is 16.6. The second-order valence-electron chi connectivity index (χ2n) is 6.42. The highest BCUT2D eigenvalue weighted by molar-refractivity contribution is 7.89. The lowest BCUT2D eigenvalue weighted by atomic mass is 10.1. The van der Waals surface area contributed by atoms with Crippen molar-refractivity contribution in [3.63, 3.8) is 0 Å². The Morgan fingerprint density at radius 2 is 1.93 bits per heavy atom. The Morgan fingerprint density at radius 3 is 2.52 bits per heavy atom. The van der Waals surface area contributed by atoms with Gasteiger partial charge in [0.25, 0.3) is 0 Å². The largest absolute Gasteiger partial charge is 0.493 e. The maximum Gasteiger partial charge on any atom is 0.243 e. The number of hydrogen-bond acceptors (Lipinski definition) is 7. The van der Waals surface area contributed by atoms with Crippen molar-refractivity contribution in [2.75, 3.05) is 27.3 Å². The fraction of sp³-hybridized carbons (Fsp3) is 0.500. The van der Waals surface area contributed by atoms with Crippen LogP contribution in [0.15, 0.2) is 33.7 Å². The van der Waals surface area contributed by atoms with Crippen LogP contribution in [0, 0.1) is 6.92 Å². The van der Waals surface area contributed by atoms with Crippen LogP contribution < -0.4 is 14.8 Å². The standard InChI is InChI=1S/C18H25N3O5S/c1-13-19-11-15(26-13)12-20-14-6-8-21(9-7-14)27(22,23)16-4-5-17(24-2)18(10-16)25-3/h4-5,10-11,14,20H,6-9,12H2,1-3H3. The number of nitrogens with zero attached hydrogens (tertiary/aromatic N) is 2. The van der Waals surface area contributed by atoms with E-state index in [1.165, 1.54) is 24.6 Å². The molecule has 3 rings (SSSR count). The van der Waals surface area contributed by atoms with Gasteiger partial charge in [-0.15, -0.1) is 0 Å². The van der Waals surface area contributed by atoms with E-state index in [0.717, 1.165) is 18.6 Å². The quantitative estimate of drug-likeness (QED) is 0.766. The minimum Gasteiger partial charge on any atom is -0.493 e. The fourth-order valence-electron chi connectivity index (χ4n) is 3.16. The molecule has 1 saturated heterocycles. The van der Waals surface area contributed by atoms with E-state index in [1.807, 2.05) is 0 Å². The third-order valence-electron chi connectivity index (χ3n) is 4.68. The monoisotopic (exact) mass is 395 g/mol. The Bertz CT molecular complexity index is 873. The van der Waals surface area contributed by atoms with Gasteiger partial charge in [0.05, 0.1) is 31.9 Å². The summed E-state index contributed by atoms with van der Waals surface area (Å²) in [6.07, 6.45) is 3.18. The highest BCUT2D eigenvalue weighted by Crippen LogP contribution is 2.31. The summed E-state index contributed by atoms with van der Waals surface area (Å²) in [4.78, 5) is 4.28. The third-order valence-corrected chi connectivity index (χ3v) is 6.58. The minimum absolute atomic E-state index is 0.212. The van der Waals surface area contributed by atoms with Gasteiger partial charge >= 0.3 is 0 Å². The van der Waals surface area contributed by atoms with Crippen molar-refractivity contribution in [1.29, 1.82) is 0 Å². The molecule has 1 aromatic heterocycles. The fourth-order valence-corrected chi connectivity index (χ4v) is 4.64. The maximum atomic E-state index is 12.9. The molecule has 0 radical (unpaired) electrons. The second-order valence-corrected chi connectivity index (χ2v) is 8.36. The molecule has 1 fully saturated rings. The molecular weight excluding hydrogens is 370 g/mol. The molecule has 148 valence electrons. The zero-order chi connectivity index (χ0) is 19.4. The van der Waals surface area contributed by atoms with Crippen molar-refractivity contribution in [2.45, 2.75) is 37.2 Å². The normalized spacial score (nSPS) is 16.4. The Balaban J connectivity index is 1.61. The molecule has 27 heavy (non-hydrogen) atoms. The van der Waals surface area contributed by atoms with E-state index in [0.29, 0.717) is 37.0 Å². The summed E-state index contributed by atoms with van der Waals surface area (Å²) in [5, 5.41) is 3.40. The molecule has 0 amide bonds. The molecule has 1 aromatic carbocycles. The molecule has 8 nitrogen and oxygen atoms in total. The average molecular weight is 395 g/mol. The first-order chi connectivity index (χ1) is 12.9. The summed E-state index contributed by atoms with van der Waals surface area (Å²) in [6, 6.07) is 4.91. The molecule has 2 heterocycles. The lowest BCUT2D eigenvalue weighted by molar-refractivity contribution is 0.283. The predicted octanol–water partition coefficient (Wildman–Crippen LogP) is 1.94. The van der Waals surface area contributed by atoms with E-state index in [1.54, 1.807) is 25.3 Å². The average Bonchev–Trinajstić information content (AvgIpc) is 3.11. The molecule has 0 unspecified atom stereocenters. The van der Waals surface area contributed by atoms with Crippen molar-refractivity contribution in [1.82, 2.24) is 14.6 Å². The Labute approximate surface area is 159 Å². The maximum absolute atomic E-state index is 12.9. The van der Waals surface area contributed by atoms with Gasteiger partial charge in [-0.1, -0.05) is 0 Å². The number of sulfonamides is 1. The summed E-state index contributed by atoms with van der Waals surface area (Å²) in [5.41, 5.74) is 0. The third kappa shape index (κ3) is 4.42. The number of rotatable bonds is 7. The molecule has 0 aliphatic carbocycles. The molecule has 0 saturated carbocycles. The summed E-state index contributed by atoms with van der Waals surface area (Å²) < 4.78 is 43.2. The van der Waals surface area contributed by atoms with Crippen molar-refractivity contribution in [2.24, 2.45) is 0 Å². The summed E-state index contributed by atoms with van der Waals surface area (Å²) in [7, 11) is -0.560. The molecule has 0 atom stereocenters. The molecular formula is C18H25N3O5S. The van der Waals surface area contributed by atoms with Crippen LogP contribution in [0.3, 0.4) is 0 Å². The van der Waals surface area contributed by atoms with Gasteiger partial charge in [0.15, 0.2) is 17.4 Å². The van der Waals surface area contributed by atoms with E-state index in [-0.39, 0.29) is 10.9 Å². The lowest BCUT2D eigenvalue weighted by Crippen LogP contribution is -2.44. The Morgan fingerprint density at radius 1 is 1.22 bits per heavy atom. The molecule has 0 spiro atoms. The number of benzene rings is 1. The van der Waals surface area contributed by atoms with Gasteiger partial charge in [-0.2, -0.15) is 4.31 Å². The van der Waals surface area contributed by atoms with Crippen molar-refractivity contribution in [3.8, 4) is 11.5 Å². The van der Waals surface area contributed by atoms with Crippen LogP contribution in [-0.4, -0.2) is 51.1 Å². The number of methoxy groups -OCH3 is 2. The SMILES string of the molecule is COc1ccc(S(=O)(=O)N2CCC(NCc3cnc(C)o3)CC2)cc1OC. The number of piperidine rings is 1. The lowest BCUT2D eigenvalue weighted by Gasteiger charge is -2.31. The van der Waals surface area contributed by atoms with Gasteiger partial charge in [-0.3, -0.25) is 0 Å². The zero-order valence-electron chi connectivity index (χ0n) is 15.8. The van der Waals surface area contributed by atoms with Crippen LogP contribution in [0.4, 0.5) is 0 Å². The van der Waals surface area contributed by atoms with Crippen molar-refractivity contribution in [3.05, 3.63) is 36.0 Å². The Hall–Kier alpha value is -2.10.